The summed E-state index contributed by atoms with van der Waals surface area (Å²) in [5, 5.41) is 75.9. The summed E-state index contributed by atoms with van der Waals surface area (Å²) >= 11 is 0. The summed E-state index contributed by atoms with van der Waals surface area (Å²) in [5.41, 5.74) is -0.0998. The molecule has 6 rings (SSSR count). The van der Waals surface area contributed by atoms with Crippen molar-refractivity contribution in [3.05, 3.63) is 11.6 Å². The van der Waals surface area contributed by atoms with E-state index in [0.717, 1.165) is 32.1 Å². The molecule has 1 saturated heterocycles. The topological polar surface area (TPSA) is 160 Å². The predicted molar refractivity (Wildman–Crippen MR) is 167 cm³/mol. The summed E-state index contributed by atoms with van der Waals surface area (Å²) in [6, 6.07) is 0. The van der Waals surface area contributed by atoms with Gasteiger partial charge in [0.25, 0.3) is 0 Å². The fourth-order valence-corrected chi connectivity index (χ4v) is 12.8. The molecule has 16 atom stereocenters. The molecule has 7 N–H and O–H groups in total. The fraction of sp³-hybridized carbons (Fsp3) is 0.944. The van der Waals surface area contributed by atoms with Crippen molar-refractivity contribution in [2.24, 2.45) is 56.7 Å². The average molecular weight is 637 g/mol. The van der Waals surface area contributed by atoms with Crippen LogP contribution in [0.25, 0.3) is 0 Å². The molecule has 45 heavy (non-hydrogen) atoms. The summed E-state index contributed by atoms with van der Waals surface area (Å²) in [6.07, 6.45) is -0.181. The Morgan fingerprint density at radius 3 is 2.18 bits per heavy atom. The fourth-order valence-electron chi connectivity index (χ4n) is 12.8. The summed E-state index contributed by atoms with van der Waals surface area (Å²) in [7, 11) is 0. The molecule has 0 aromatic carbocycles. The highest BCUT2D eigenvalue weighted by molar-refractivity contribution is 5.35. The van der Waals surface area contributed by atoms with E-state index in [0.29, 0.717) is 18.8 Å². The number of fused-ring (bicyclic) bond motifs is 7. The van der Waals surface area contributed by atoms with E-state index in [4.69, 9.17) is 9.47 Å². The molecule has 9 heteroatoms. The van der Waals surface area contributed by atoms with Crippen molar-refractivity contribution in [1.29, 1.82) is 0 Å². The molecule has 1 heterocycles. The van der Waals surface area contributed by atoms with Crippen molar-refractivity contribution in [2.75, 3.05) is 13.2 Å². The lowest BCUT2D eigenvalue weighted by atomic mass is 9.35. The molecule has 5 aliphatic carbocycles. The molecule has 5 fully saturated rings. The Labute approximate surface area is 269 Å². The maximum absolute atomic E-state index is 12.2. The monoisotopic (exact) mass is 636 g/mol. The largest absolute Gasteiger partial charge is 0.396 e. The highest BCUT2D eigenvalue weighted by Gasteiger charge is 2.72. The zero-order valence-corrected chi connectivity index (χ0v) is 28.4. The Bertz CT molecular complexity index is 1160. The molecule has 0 amide bonds. The van der Waals surface area contributed by atoms with Crippen molar-refractivity contribution in [3.63, 3.8) is 0 Å². The summed E-state index contributed by atoms with van der Waals surface area (Å²) in [5.74, 6) is 0.643. The van der Waals surface area contributed by atoms with Gasteiger partial charge in [0.15, 0.2) is 6.29 Å². The van der Waals surface area contributed by atoms with Crippen LogP contribution in [0.1, 0.15) is 93.4 Å². The van der Waals surface area contributed by atoms with Crippen LogP contribution >= 0.6 is 0 Å². The number of rotatable bonds is 5. The second-order valence-corrected chi connectivity index (χ2v) is 17.7. The molecule has 1 aliphatic heterocycles. The van der Waals surface area contributed by atoms with Crippen molar-refractivity contribution in [3.8, 4) is 0 Å². The van der Waals surface area contributed by atoms with E-state index in [9.17, 15) is 35.7 Å². The Morgan fingerprint density at radius 1 is 0.867 bits per heavy atom. The van der Waals surface area contributed by atoms with E-state index in [2.05, 4.69) is 54.5 Å². The zero-order chi connectivity index (χ0) is 33.1. The van der Waals surface area contributed by atoms with E-state index in [1.165, 1.54) is 5.57 Å². The first kappa shape index (κ1) is 34.3. The normalized spacial score (nSPS) is 55.8. The van der Waals surface area contributed by atoms with Gasteiger partial charge in [-0.1, -0.05) is 60.1 Å². The van der Waals surface area contributed by atoms with Crippen LogP contribution in [0.2, 0.25) is 0 Å². The molecule has 0 unspecified atom stereocenters. The molecule has 9 nitrogen and oxygen atoms in total. The highest BCUT2D eigenvalue weighted by atomic mass is 16.7. The molecular weight excluding hydrogens is 576 g/mol. The lowest BCUT2D eigenvalue weighted by Crippen LogP contribution is -2.67. The van der Waals surface area contributed by atoms with Crippen LogP contribution in [-0.4, -0.2) is 98.0 Å². The Balaban J connectivity index is 1.31. The van der Waals surface area contributed by atoms with Crippen molar-refractivity contribution < 1.29 is 45.2 Å². The van der Waals surface area contributed by atoms with E-state index in [-0.39, 0.29) is 58.0 Å². The van der Waals surface area contributed by atoms with Crippen LogP contribution in [0.15, 0.2) is 11.6 Å². The summed E-state index contributed by atoms with van der Waals surface area (Å²) < 4.78 is 12.1. The lowest BCUT2D eigenvalue weighted by Gasteiger charge is -2.70. The first-order valence-corrected chi connectivity index (χ1v) is 17.6. The van der Waals surface area contributed by atoms with Gasteiger partial charge in [0, 0.05) is 17.9 Å². The van der Waals surface area contributed by atoms with Gasteiger partial charge in [0.2, 0.25) is 0 Å². The molecule has 258 valence electrons. The van der Waals surface area contributed by atoms with Gasteiger partial charge in [-0.3, -0.25) is 0 Å². The third-order valence-corrected chi connectivity index (χ3v) is 15.3. The van der Waals surface area contributed by atoms with Crippen LogP contribution in [-0.2, 0) is 9.47 Å². The molecular formula is C36H60O9. The number of ether oxygens (including phenoxy) is 2. The minimum atomic E-state index is -1.49. The number of allylic oxidation sites excluding steroid dienone is 1. The van der Waals surface area contributed by atoms with Crippen LogP contribution in [0.3, 0.4) is 0 Å². The number of aliphatic hydroxyl groups is 7. The maximum atomic E-state index is 12.2. The van der Waals surface area contributed by atoms with Gasteiger partial charge in [0.05, 0.1) is 24.9 Å². The van der Waals surface area contributed by atoms with Crippen LogP contribution < -0.4 is 0 Å². The third kappa shape index (κ3) is 4.51. The van der Waals surface area contributed by atoms with Gasteiger partial charge in [-0.15, -0.1) is 0 Å². The van der Waals surface area contributed by atoms with Gasteiger partial charge in [-0.05, 0) is 90.3 Å². The molecule has 0 bridgehead atoms. The molecule has 4 saturated carbocycles. The van der Waals surface area contributed by atoms with Crippen molar-refractivity contribution in [2.45, 2.75) is 142 Å². The zero-order valence-electron chi connectivity index (χ0n) is 28.4. The molecule has 6 aliphatic rings. The number of hydrogen-bond acceptors (Lipinski definition) is 9. The Hall–Kier alpha value is -0.620. The van der Waals surface area contributed by atoms with Gasteiger partial charge >= 0.3 is 0 Å². The van der Waals surface area contributed by atoms with Crippen LogP contribution in [0.4, 0.5) is 0 Å². The summed E-state index contributed by atoms with van der Waals surface area (Å²) in [4.78, 5) is 0. The SMILES string of the molecule is CC(C)[C@@H]1C[C@@H](O)[C@H]2[C@@]1(CO)CC[C@@]1(C)[C@H]3C(=CC[C@]21C)[C@@]1(C)CC[C@H](O[C@@H]2O[C@H](CO)[C@@H](O)[C@H](O)[C@H]2O)C(C)(C)[C@@H]1C[C@@H]3O. The minimum absolute atomic E-state index is 0.0317. The molecule has 0 spiro atoms. The lowest BCUT2D eigenvalue weighted by molar-refractivity contribution is -0.327. The van der Waals surface area contributed by atoms with Crippen molar-refractivity contribution >= 4 is 0 Å². The first-order valence-electron chi connectivity index (χ1n) is 17.6. The Morgan fingerprint density at radius 2 is 1.56 bits per heavy atom. The van der Waals surface area contributed by atoms with Crippen LogP contribution in [0.5, 0.6) is 0 Å². The predicted octanol–water partition coefficient (Wildman–Crippen LogP) is 2.76. The third-order valence-electron chi connectivity index (χ3n) is 15.3. The quantitative estimate of drug-likeness (QED) is 0.178. The smallest absolute Gasteiger partial charge is 0.186 e. The second-order valence-electron chi connectivity index (χ2n) is 17.7. The Kier molecular flexibility index (Phi) is 8.53. The molecule has 0 aromatic rings. The van der Waals surface area contributed by atoms with E-state index in [1.54, 1.807) is 0 Å². The second kappa shape index (κ2) is 11.2. The van der Waals surface area contributed by atoms with Crippen molar-refractivity contribution in [1.82, 2.24) is 0 Å². The molecule has 0 aromatic heterocycles. The highest BCUT2D eigenvalue weighted by Crippen LogP contribution is 2.76. The molecule has 0 radical (unpaired) electrons. The average Bonchev–Trinajstić information content (AvgIpc) is 3.30. The van der Waals surface area contributed by atoms with Crippen LogP contribution in [0, 0.1) is 56.7 Å². The van der Waals surface area contributed by atoms with Gasteiger partial charge in [-0.2, -0.15) is 0 Å². The standard InChI is InChI=1S/C36H60O9/c1-18(2)20-14-22(40)30-35(7)11-8-19-26(34(35,6)12-13-36(20,30)17-38)21(39)15-24-32(3,4)25(9-10-33(19,24)5)45-31-29(43)28(42)27(41)23(16-37)44-31/h8,18,20-31,37-43H,9-17H2,1-7H3/t20-,21-,22+,23+,24-,25-,26-,27+,28-,29+,30+,31-,33+,34-,35+,36+/m0/s1. The van der Waals surface area contributed by atoms with E-state index >= 15 is 0 Å². The number of aliphatic hydroxyl groups excluding tert-OH is 7. The van der Waals surface area contributed by atoms with Gasteiger partial charge in [0.1, 0.15) is 24.4 Å². The maximum Gasteiger partial charge on any atom is 0.186 e. The first-order chi connectivity index (χ1) is 20.9. The minimum Gasteiger partial charge on any atom is -0.396 e. The van der Waals surface area contributed by atoms with E-state index < -0.39 is 54.9 Å². The van der Waals surface area contributed by atoms with Gasteiger partial charge in [-0.25, -0.2) is 0 Å². The number of hydrogen-bond donors (Lipinski definition) is 7. The summed E-state index contributed by atoms with van der Waals surface area (Å²) in [6.45, 7) is 15.4. The van der Waals surface area contributed by atoms with Gasteiger partial charge < -0.3 is 45.2 Å². The van der Waals surface area contributed by atoms with E-state index in [1.807, 2.05) is 0 Å².